The highest BCUT2D eigenvalue weighted by Gasteiger charge is 2.42. The van der Waals surface area contributed by atoms with Gasteiger partial charge in [0.05, 0.1) is 5.60 Å². The summed E-state index contributed by atoms with van der Waals surface area (Å²) in [4.78, 5) is 4.35. The number of pyridine rings is 1. The minimum atomic E-state index is 0.251. The number of nitrogens with zero attached hydrogens (tertiary/aromatic N) is 1. The lowest BCUT2D eigenvalue weighted by Crippen LogP contribution is -2.51. The van der Waals surface area contributed by atoms with Crippen LogP contribution in [0.15, 0.2) is 24.4 Å². The van der Waals surface area contributed by atoms with Crippen molar-refractivity contribution in [2.45, 2.75) is 50.2 Å². The molecule has 0 radical (unpaired) electrons. The van der Waals surface area contributed by atoms with E-state index in [2.05, 4.69) is 22.4 Å². The van der Waals surface area contributed by atoms with Gasteiger partial charge in [0.25, 0.3) is 0 Å². The number of aromatic nitrogens is 1. The Kier molecular flexibility index (Phi) is 3.62. The second-order valence-corrected chi connectivity index (χ2v) is 5.60. The Morgan fingerprint density at radius 2 is 2.33 bits per heavy atom. The predicted molar refractivity (Wildman–Crippen MR) is 71.5 cm³/mol. The summed E-state index contributed by atoms with van der Waals surface area (Å²) in [6, 6.07) is 6.76. The van der Waals surface area contributed by atoms with Crippen LogP contribution in [0.4, 0.5) is 0 Å². The van der Waals surface area contributed by atoms with E-state index in [1.165, 1.54) is 31.4 Å². The van der Waals surface area contributed by atoms with E-state index in [1.807, 2.05) is 12.3 Å². The molecule has 1 N–H and O–H groups in total. The van der Waals surface area contributed by atoms with Crippen LogP contribution in [0.2, 0.25) is 0 Å². The zero-order valence-corrected chi connectivity index (χ0v) is 10.9. The van der Waals surface area contributed by atoms with Crippen LogP contribution in [0.25, 0.3) is 0 Å². The fraction of sp³-hybridized carbons (Fsp3) is 0.667. The van der Waals surface area contributed by atoms with E-state index in [-0.39, 0.29) is 5.60 Å². The maximum Gasteiger partial charge on any atom is 0.0697 e. The van der Waals surface area contributed by atoms with Crippen molar-refractivity contribution in [3.8, 4) is 0 Å². The Balaban J connectivity index is 1.43. The molecule has 0 aromatic carbocycles. The van der Waals surface area contributed by atoms with Gasteiger partial charge in [0, 0.05) is 37.5 Å². The molecule has 0 bridgehead atoms. The van der Waals surface area contributed by atoms with Crippen molar-refractivity contribution < 1.29 is 4.74 Å². The third-order valence-corrected chi connectivity index (χ3v) is 4.30. The highest BCUT2D eigenvalue weighted by molar-refractivity contribution is 5.04. The molecule has 3 nitrogen and oxygen atoms in total. The summed E-state index contributed by atoms with van der Waals surface area (Å²) in [6.07, 6.45) is 9.13. The Labute approximate surface area is 109 Å². The zero-order valence-electron chi connectivity index (χ0n) is 10.9. The van der Waals surface area contributed by atoms with Crippen molar-refractivity contribution in [2.24, 2.45) is 0 Å². The maximum absolute atomic E-state index is 5.94. The van der Waals surface area contributed by atoms with Gasteiger partial charge in [-0.15, -0.1) is 0 Å². The number of rotatable bonds is 4. The number of nitrogens with one attached hydrogen (secondary N) is 1. The van der Waals surface area contributed by atoms with Gasteiger partial charge in [0.2, 0.25) is 0 Å². The van der Waals surface area contributed by atoms with Crippen molar-refractivity contribution in [3.05, 3.63) is 30.1 Å². The maximum atomic E-state index is 5.94. The van der Waals surface area contributed by atoms with Gasteiger partial charge in [-0.25, -0.2) is 0 Å². The Hall–Kier alpha value is -0.930. The highest BCUT2D eigenvalue weighted by atomic mass is 16.5. The second kappa shape index (κ2) is 5.37. The predicted octanol–water partition coefficient (Wildman–Crippen LogP) is 2.32. The normalized spacial score (nSPS) is 25.9. The summed E-state index contributed by atoms with van der Waals surface area (Å²) in [5.41, 5.74) is 1.43. The van der Waals surface area contributed by atoms with E-state index in [0.29, 0.717) is 6.04 Å². The van der Waals surface area contributed by atoms with Crippen LogP contribution in [-0.4, -0.2) is 29.8 Å². The molecule has 2 fully saturated rings. The molecule has 3 heteroatoms. The van der Waals surface area contributed by atoms with Gasteiger partial charge in [0.15, 0.2) is 0 Å². The van der Waals surface area contributed by atoms with Gasteiger partial charge in [0.1, 0.15) is 0 Å². The van der Waals surface area contributed by atoms with Gasteiger partial charge in [-0.3, -0.25) is 4.98 Å². The summed E-state index contributed by atoms with van der Waals surface area (Å²) >= 11 is 0. The quantitative estimate of drug-likeness (QED) is 0.885. The molecule has 2 heterocycles. The lowest BCUT2D eigenvalue weighted by molar-refractivity contribution is -0.135. The molecule has 1 saturated heterocycles. The summed E-state index contributed by atoms with van der Waals surface area (Å²) in [7, 11) is 0. The van der Waals surface area contributed by atoms with Crippen LogP contribution in [0.1, 0.15) is 37.8 Å². The SMILES string of the molecule is c1ccc(CCNC2CCOC3(CCC3)C2)nc1. The molecule has 1 spiro atoms. The monoisotopic (exact) mass is 246 g/mol. The molecule has 98 valence electrons. The fourth-order valence-corrected chi connectivity index (χ4v) is 3.07. The molecule has 1 aromatic heterocycles. The molecule has 1 unspecified atom stereocenters. The van der Waals surface area contributed by atoms with Crippen molar-refractivity contribution >= 4 is 0 Å². The smallest absolute Gasteiger partial charge is 0.0697 e. The summed E-state index contributed by atoms with van der Waals surface area (Å²) in [5.74, 6) is 0. The van der Waals surface area contributed by atoms with Crippen molar-refractivity contribution in [2.75, 3.05) is 13.2 Å². The van der Waals surface area contributed by atoms with E-state index < -0.39 is 0 Å². The van der Waals surface area contributed by atoms with Crippen molar-refractivity contribution in [1.82, 2.24) is 10.3 Å². The molecule has 0 amide bonds. The van der Waals surface area contributed by atoms with Crippen LogP contribution in [0.5, 0.6) is 0 Å². The van der Waals surface area contributed by atoms with Gasteiger partial charge >= 0.3 is 0 Å². The van der Waals surface area contributed by atoms with Crippen LogP contribution < -0.4 is 5.32 Å². The third-order valence-electron chi connectivity index (χ3n) is 4.30. The Bertz CT molecular complexity index is 375. The summed E-state index contributed by atoms with van der Waals surface area (Å²) < 4.78 is 5.94. The average Bonchev–Trinajstić information content (AvgIpc) is 2.39. The average molecular weight is 246 g/mol. The van der Waals surface area contributed by atoms with E-state index in [4.69, 9.17) is 4.74 Å². The molecule has 18 heavy (non-hydrogen) atoms. The first-order valence-electron chi connectivity index (χ1n) is 7.14. The van der Waals surface area contributed by atoms with Crippen LogP contribution in [-0.2, 0) is 11.2 Å². The zero-order chi connectivity index (χ0) is 12.3. The first-order valence-corrected chi connectivity index (χ1v) is 7.14. The number of ether oxygens (including phenoxy) is 1. The second-order valence-electron chi connectivity index (χ2n) is 5.60. The van der Waals surface area contributed by atoms with Gasteiger partial charge in [-0.2, -0.15) is 0 Å². The first kappa shape index (κ1) is 12.1. The Morgan fingerprint density at radius 1 is 1.39 bits per heavy atom. The molecule has 1 saturated carbocycles. The van der Waals surface area contributed by atoms with Crippen molar-refractivity contribution in [1.29, 1.82) is 0 Å². The summed E-state index contributed by atoms with van der Waals surface area (Å²) in [5, 5.41) is 3.67. The molecule has 3 rings (SSSR count). The minimum Gasteiger partial charge on any atom is -0.375 e. The molecular formula is C15H22N2O. The van der Waals surface area contributed by atoms with Gasteiger partial charge in [-0.1, -0.05) is 6.07 Å². The fourth-order valence-electron chi connectivity index (χ4n) is 3.07. The van der Waals surface area contributed by atoms with Crippen LogP contribution in [0, 0.1) is 0 Å². The van der Waals surface area contributed by atoms with E-state index in [9.17, 15) is 0 Å². The minimum absolute atomic E-state index is 0.251. The number of hydrogen-bond acceptors (Lipinski definition) is 3. The molecule has 1 atom stereocenters. The van der Waals surface area contributed by atoms with E-state index in [1.54, 1.807) is 0 Å². The molecular weight excluding hydrogens is 224 g/mol. The molecule has 1 aliphatic heterocycles. The van der Waals surface area contributed by atoms with Crippen LogP contribution in [0.3, 0.4) is 0 Å². The van der Waals surface area contributed by atoms with Crippen molar-refractivity contribution in [3.63, 3.8) is 0 Å². The van der Waals surface area contributed by atoms with Gasteiger partial charge < -0.3 is 10.1 Å². The van der Waals surface area contributed by atoms with Gasteiger partial charge in [-0.05, 0) is 44.2 Å². The molecule has 1 aliphatic carbocycles. The topological polar surface area (TPSA) is 34.1 Å². The number of hydrogen-bond donors (Lipinski definition) is 1. The third kappa shape index (κ3) is 2.73. The standard InChI is InChI=1S/C15H22N2O/c1-2-9-16-13(4-1)5-10-17-14-6-11-18-15(12-14)7-3-8-15/h1-2,4,9,14,17H,3,5-8,10-12H2. The summed E-state index contributed by atoms with van der Waals surface area (Å²) in [6.45, 7) is 1.96. The van der Waals surface area contributed by atoms with Crippen LogP contribution >= 0.6 is 0 Å². The van der Waals surface area contributed by atoms with E-state index in [0.717, 1.165) is 26.0 Å². The van der Waals surface area contributed by atoms with E-state index >= 15 is 0 Å². The largest absolute Gasteiger partial charge is 0.375 e. The lowest BCUT2D eigenvalue weighted by atomic mass is 9.74. The first-order chi connectivity index (χ1) is 8.86. The molecule has 1 aromatic rings. The molecule has 2 aliphatic rings. The lowest BCUT2D eigenvalue weighted by Gasteiger charge is -2.47. The Morgan fingerprint density at radius 3 is 3.06 bits per heavy atom. The highest BCUT2D eigenvalue weighted by Crippen LogP contribution is 2.42.